The molecule has 1 N–H and O–H groups in total. The van der Waals surface area contributed by atoms with E-state index in [1.807, 2.05) is 34.9 Å². The van der Waals surface area contributed by atoms with E-state index in [4.69, 9.17) is 5.26 Å². The molecule has 1 atom stereocenters. The molecule has 6 heteroatoms. The number of benzene rings is 2. The Morgan fingerprint density at radius 2 is 1.92 bits per heavy atom. The number of fused-ring (bicyclic) bond motifs is 1. The highest BCUT2D eigenvalue weighted by molar-refractivity contribution is 5.78. The van der Waals surface area contributed by atoms with Gasteiger partial charge in [0.25, 0.3) is 0 Å². The monoisotopic (exact) mass is 340 g/mol. The largest absolute Gasteiger partial charge is 0.348 e. The van der Waals surface area contributed by atoms with Crippen molar-refractivity contribution < 1.29 is 0 Å². The lowest BCUT2D eigenvalue weighted by molar-refractivity contribution is 0.854. The molecule has 0 unspecified atom stereocenters. The van der Waals surface area contributed by atoms with Crippen LogP contribution in [0, 0.1) is 11.3 Å². The first kappa shape index (κ1) is 15.8. The average molecular weight is 340 g/mol. The standard InChI is InChI=1S/C20H16N6/c1-14(16-5-3-2-4-6-16)24-20-22-10-9-19(25-20)26-13-23-17-11-15(12-21)7-8-18(17)26/h2-11,13-14H,1H3,(H,22,24,25)/t14-/m0/s1. The lowest BCUT2D eigenvalue weighted by Gasteiger charge is -2.14. The lowest BCUT2D eigenvalue weighted by atomic mass is 10.1. The summed E-state index contributed by atoms with van der Waals surface area (Å²) in [6.07, 6.45) is 3.43. The molecule has 0 radical (unpaired) electrons. The first-order chi connectivity index (χ1) is 12.7. The Labute approximate surface area is 150 Å². The molecule has 0 saturated heterocycles. The van der Waals surface area contributed by atoms with Crippen molar-refractivity contribution >= 4 is 17.0 Å². The third kappa shape index (κ3) is 2.98. The Bertz CT molecular complexity index is 1090. The summed E-state index contributed by atoms with van der Waals surface area (Å²) in [6, 6.07) is 19.6. The van der Waals surface area contributed by atoms with E-state index in [-0.39, 0.29) is 6.04 Å². The second-order valence-corrected chi connectivity index (χ2v) is 5.95. The van der Waals surface area contributed by atoms with Gasteiger partial charge in [0.15, 0.2) is 0 Å². The number of anilines is 1. The van der Waals surface area contributed by atoms with E-state index in [0.717, 1.165) is 16.9 Å². The van der Waals surface area contributed by atoms with Crippen molar-refractivity contribution in [3.63, 3.8) is 0 Å². The van der Waals surface area contributed by atoms with Gasteiger partial charge in [0.05, 0.1) is 28.7 Å². The third-order valence-corrected chi connectivity index (χ3v) is 4.21. The Hall–Kier alpha value is -3.72. The van der Waals surface area contributed by atoms with Gasteiger partial charge < -0.3 is 5.32 Å². The summed E-state index contributed by atoms with van der Waals surface area (Å²) in [7, 11) is 0. The Balaban J connectivity index is 1.65. The Kier molecular flexibility index (Phi) is 4.04. The Morgan fingerprint density at radius 1 is 1.08 bits per heavy atom. The first-order valence-corrected chi connectivity index (χ1v) is 8.27. The topological polar surface area (TPSA) is 79.4 Å². The van der Waals surface area contributed by atoms with Crippen LogP contribution in [0.4, 0.5) is 5.95 Å². The van der Waals surface area contributed by atoms with Crippen molar-refractivity contribution in [3.05, 3.63) is 78.2 Å². The van der Waals surface area contributed by atoms with Crippen molar-refractivity contribution in [2.75, 3.05) is 5.32 Å². The highest BCUT2D eigenvalue weighted by Crippen LogP contribution is 2.20. The summed E-state index contributed by atoms with van der Waals surface area (Å²) >= 11 is 0. The smallest absolute Gasteiger partial charge is 0.225 e. The molecule has 0 saturated carbocycles. The molecule has 0 aliphatic carbocycles. The number of nitrogens with one attached hydrogen (secondary N) is 1. The summed E-state index contributed by atoms with van der Waals surface area (Å²) in [5.74, 6) is 1.27. The van der Waals surface area contributed by atoms with Crippen molar-refractivity contribution in [2.24, 2.45) is 0 Å². The molecule has 26 heavy (non-hydrogen) atoms. The molecule has 0 bridgehead atoms. The van der Waals surface area contributed by atoms with Crippen LogP contribution in [0.1, 0.15) is 24.1 Å². The molecule has 2 aromatic heterocycles. The number of imidazole rings is 1. The zero-order valence-corrected chi connectivity index (χ0v) is 14.2. The second kappa shape index (κ2) is 6.65. The van der Waals surface area contributed by atoms with Crippen molar-refractivity contribution in [1.29, 1.82) is 5.26 Å². The predicted molar refractivity (Wildman–Crippen MR) is 99.9 cm³/mol. The molecule has 6 nitrogen and oxygen atoms in total. The summed E-state index contributed by atoms with van der Waals surface area (Å²) in [5, 5.41) is 12.3. The number of aromatic nitrogens is 4. The van der Waals surface area contributed by atoms with Crippen LogP contribution in [0.25, 0.3) is 16.9 Å². The van der Waals surface area contributed by atoms with Crippen LogP contribution < -0.4 is 5.32 Å². The fraction of sp³-hybridized carbons (Fsp3) is 0.100. The SMILES string of the molecule is C[C@H](Nc1nccc(-n2cnc3cc(C#N)ccc32)n1)c1ccccc1. The normalized spacial score (nSPS) is 11.8. The number of rotatable bonds is 4. The van der Waals surface area contributed by atoms with E-state index in [1.54, 1.807) is 24.7 Å². The molecule has 2 heterocycles. The van der Waals surface area contributed by atoms with E-state index in [1.165, 1.54) is 5.56 Å². The average Bonchev–Trinajstić information content (AvgIpc) is 3.12. The highest BCUT2D eigenvalue weighted by atomic mass is 15.2. The van der Waals surface area contributed by atoms with Gasteiger partial charge in [-0.25, -0.2) is 9.97 Å². The van der Waals surface area contributed by atoms with Crippen molar-refractivity contribution in [2.45, 2.75) is 13.0 Å². The summed E-state index contributed by atoms with van der Waals surface area (Å²) in [5.41, 5.74) is 3.41. The number of hydrogen-bond donors (Lipinski definition) is 1. The van der Waals surface area contributed by atoms with Crippen LogP contribution in [0.5, 0.6) is 0 Å². The van der Waals surface area contributed by atoms with E-state index >= 15 is 0 Å². The molecule has 126 valence electrons. The van der Waals surface area contributed by atoms with Gasteiger partial charge in [0.2, 0.25) is 5.95 Å². The first-order valence-electron chi connectivity index (χ1n) is 8.27. The lowest BCUT2D eigenvalue weighted by Crippen LogP contribution is -2.10. The minimum Gasteiger partial charge on any atom is -0.348 e. The van der Waals surface area contributed by atoms with E-state index < -0.39 is 0 Å². The maximum Gasteiger partial charge on any atom is 0.225 e. The molecular formula is C20H16N6. The van der Waals surface area contributed by atoms with Crippen LogP contribution in [0.3, 0.4) is 0 Å². The van der Waals surface area contributed by atoms with E-state index in [9.17, 15) is 0 Å². The third-order valence-electron chi connectivity index (χ3n) is 4.21. The van der Waals surface area contributed by atoms with Crippen LogP contribution in [-0.2, 0) is 0 Å². The van der Waals surface area contributed by atoms with E-state index in [0.29, 0.717) is 11.5 Å². The van der Waals surface area contributed by atoms with Crippen molar-refractivity contribution in [3.8, 4) is 11.9 Å². The number of nitrogens with zero attached hydrogens (tertiary/aromatic N) is 5. The van der Waals surface area contributed by atoms with Gasteiger partial charge in [-0.1, -0.05) is 30.3 Å². The fourth-order valence-electron chi connectivity index (χ4n) is 2.84. The van der Waals surface area contributed by atoms with Gasteiger partial charge in [-0.05, 0) is 36.8 Å². The maximum atomic E-state index is 9.02. The number of hydrogen-bond acceptors (Lipinski definition) is 5. The molecule has 4 aromatic rings. The minimum absolute atomic E-state index is 0.0872. The van der Waals surface area contributed by atoms with Gasteiger partial charge in [0, 0.05) is 6.20 Å². The van der Waals surface area contributed by atoms with Gasteiger partial charge in [-0.2, -0.15) is 10.2 Å². The quantitative estimate of drug-likeness (QED) is 0.610. The van der Waals surface area contributed by atoms with Gasteiger partial charge in [-0.3, -0.25) is 4.57 Å². The van der Waals surface area contributed by atoms with Crippen LogP contribution in [0.15, 0.2) is 67.1 Å². The molecule has 0 spiro atoms. The molecule has 0 amide bonds. The van der Waals surface area contributed by atoms with Crippen LogP contribution in [0.2, 0.25) is 0 Å². The molecule has 0 aliphatic heterocycles. The number of nitriles is 1. The molecule has 2 aromatic carbocycles. The van der Waals surface area contributed by atoms with E-state index in [2.05, 4.69) is 45.4 Å². The zero-order chi connectivity index (χ0) is 17.9. The highest BCUT2D eigenvalue weighted by Gasteiger charge is 2.10. The summed E-state index contributed by atoms with van der Waals surface area (Å²) < 4.78 is 1.89. The van der Waals surface area contributed by atoms with Gasteiger partial charge in [-0.15, -0.1) is 0 Å². The summed E-state index contributed by atoms with van der Waals surface area (Å²) in [4.78, 5) is 13.3. The minimum atomic E-state index is 0.0872. The zero-order valence-electron chi connectivity index (χ0n) is 14.2. The van der Waals surface area contributed by atoms with Crippen LogP contribution in [-0.4, -0.2) is 19.5 Å². The second-order valence-electron chi connectivity index (χ2n) is 5.95. The molecule has 0 fully saturated rings. The fourth-order valence-corrected chi connectivity index (χ4v) is 2.84. The molecular weight excluding hydrogens is 324 g/mol. The molecule has 4 rings (SSSR count). The Morgan fingerprint density at radius 3 is 2.73 bits per heavy atom. The van der Waals surface area contributed by atoms with Crippen LogP contribution >= 0.6 is 0 Å². The predicted octanol–water partition coefficient (Wildman–Crippen LogP) is 3.86. The summed E-state index contributed by atoms with van der Waals surface area (Å²) in [6.45, 7) is 2.07. The molecule has 0 aliphatic rings. The maximum absolute atomic E-state index is 9.02. The van der Waals surface area contributed by atoms with Crippen molar-refractivity contribution in [1.82, 2.24) is 19.5 Å². The van der Waals surface area contributed by atoms with Gasteiger partial charge >= 0.3 is 0 Å². The van der Waals surface area contributed by atoms with Gasteiger partial charge in [0.1, 0.15) is 12.1 Å².